The number of thiophene rings is 1. The van der Waals surface area contributed by atoms with Crippen LogP contribution in [0.1, 0.15) is 33.3 Å². The monoisotopic (exact) mass is 431 g/mol. The minimum Gasteiger partial charge on any atom is -0.481 e. The zero-order valence-electron chi connectivity index (χ0n) is 14.6. The molecule has 0 atom stereocenters. The van der Waals surface area contributed by atoms with Crippen LogP contribution < -0.4 is 5.32 Å². The van der Waals surface area contributed by atoms with E-state index in [9.17, 15) is 27.6 Å². The Labute approximate surface area is 166 Å². The minimum absolute atomic E-state index is 0.0733. The number of anilines is 1. The number of benzene rings is 1. The predicted octanol–water partition coefficient (Wildman–Crippen LogP) is 4.32. The van der Waals surface area contributed by atoms with Crippen LogP contribution in [0.3, 0.4) is 0 Å². The summed E-state index contributed by atoms with van der Waals surface area (Å²) in [4.78, 5) is 36.1. The van der Waals surface area contributed by atoms with Gasteiger partial charge in [0, 0.05) is 10.4 Å². The predicted molar refractivity (Wildman–Crippen MR) is 102 cm³/mol. The van der Waals surface area contributed by atoms with Crippen molar-refractivity contribution >= 4 is 45.8 Å². The summed E-state index contributed by atoms with van der Waals surface area (Å²) in [7, 11) is 0. The Morgan fingerprint density at radius 3 is 2.32 bits per heavy atom. The second kappa shape index (κ2) is 9.24. The Balaban J connectivity index is 2.20. The van der Waals surface area contributed by atoms with Gasteiger partial charge in [-0.1, -0.05) is 19.1 Å². The van der Waals surface area contributed by atoms with E-state index in [4.69, 9.17) is 5.11 Å². The highest BCUT2D eigenvalue weighted by atomic mass is 32.2. The van der Waals surface area contributed by atoms with Gasteiger partial charge in [0.05, 0.1) is 22.6 Å². The number of amides is 1. The third-order valence-electron chi connectivity index (χ3n) is 3.56. The molecule has 1 amide bonds. The maximum Gasteiger partial charge on any atom is 0.416 e. The molecule has 2 rings (SSSR count). The van der Waals surface area contributed by atoms with Crippen molar-refractivity contribution in [2.45, 2.75) is 19.5 Å². The van der Waals surface area contributed by atoms with E-state index < -0.39 is 29.4 Å². The number of ketones is 1. The first-order chi connectivity index (χ1) is 13.1. The van der Waals surface area contributed by atoms with Crippen molar-refractivity contribution in [3.05, 3.63) is 51.9 Å². The van der Waals surface area contributed by atoms with Gasteiger partial charge in [-0.2, -0.15) is 13.2 Å². The number of carboxylic acids is 1. The van der Waals surface area contributed by atoms with Crippen LogP contribution in [0.15, 0.2) is 30.3 Å². The number of nitrogens with one attached hydrogen (secondary N) is 1. The van der Waals surface area contributed by atoms with E-state index in [1.165, 1.54) is 11.3 Å². The van der Waals surface area contributed by atoms with Crippen molar-refractivity contribution in [3.63, 3.8) is 0 Å². The Hall–Kier alpha value is -2.33. The highest BCUT2D eigenvalue weighted by Crippen LogP contribution is 2.32. The van der Waals surface area contributed by atoms with Crippen LogP contribution in [-0.4, -0.2) is 34.3 Å². The van der Waals surface area contributed by atoms with E-state index in [1.807, 2.05) is 6.92 Å². The summed E-state index contributed by atoms with van der Waals surface area (Å²) in [6, 6.07) is 5.47. The second-order valence-corrected chi connectivity index (χ2v) is 7.77. The maximum atomic E-state index is 12.7. The molecule has 0 aliphatic heterocycles. The van der Waals surface area contributed by atoms with Gasteiger partial charge in [0.1, 0.15) is 5.00 Å². The molecule has 0 saturated heterocycles. The van der Waals surface area contributed by atoms with E-state index in [1.54, 1.807) is 6.07 Å². The lowest BCUT2D eigenvalue weighted by molar-refractivity contribution is -0.137. The van der Waals surface area contributed by atoms with Crippen molar-refractivity contribution in [3.8, 4) is 0 Å². The first-order valence-corrected chi connectivity index (χ1v) is 10.0. The number of aliphatic carboxylic acids is 1. The average molecular weight is 431 g/mol. The Morgan fingerprint density at radius 1 is 1.14 bits per heavy atom. The summed E-state index contributed by atoms with van der Waals surface area (Å²) in [6.45, 7) is 1.87. The molecule has 0 radical (unpaired) electrons. The van der Waals surface area contributed by atoms with Gasteiger partial charge in [0.25, 0.3) is 0 Å². The molecule has 0 spiro atoms. The summed E-state index contributed by atoms with van der Waals surface area (Å²) in [5.74, 6) is -2.33. The van der Waals surface area contributed by atoms with E-state index in [0.29, 0.717) is 11.4 Å². The molecule has 150 valence electrons. The molecule has 5 nitrogen and oxygen atoms in total. The molecule has 0 fully saturated rings. The van der Waals surface area contributed by atoms with Crippen molar-refractivity contribution in [1.82, 2.24) is 0 Å². The molecule has 2 aromatic rings. The molecular formula is C18H16F3NO4S2. The van der Waals surface area contributed by atoms with Gasteiger partial charge in [-0.25, -0.2) is 0 Å². The molecule has 0 aliphatic carbocycles. The number of halogens is 3. The van der Waals surface area contributed by atoms with Crippen LogP contribution in [-0.2, 0) is 22.2 Å². The number of hydrogen-bond donors (Lipinski definition) is 2. The van der Waals surface area contributed by atoms with E-state index in [2.05, 4.69) is 5.32 Å². The number of hydrogen-bond acceptors (Lipinski definition) is 5. The third kappa shape index (κ3) is 5.83. The van der Waals surface area contributed by atoms with Crippen LogP contribution in [0.5, 0.6) is 0 Å². The van der Waals surface area contributed by atoms with Crippen molar-refractivity contribution in [1.29, 1.82) is 0 Å². The van der Waals surface area contributed by atoms with Crippen molar-refractivity contribution < 1.29 is 32.7 Å². The standard InChI is InChI=1S/C18H16F3NO4S2/c1-2-12-7-13(17(28-12)22-14(23)8-27-9-15(24)25)16(26)10-3-5-11(6-4-10)18(19,20)21/h3-7H,2,8-9H2,1H3,(H,22,23)(H,24,25). The lowest BCUT2D eigenvalue weighted by atomic mass is 10.0. The van der Waals surface area contributed by atoms with Crippen LogP contribution >= 0.6 is 23.1 Å². The first-order valence-electron chi connectivity index (χ1n) is 8.06. The Morgan fingerprint density at radius 2 is 1.79 bits per heavy atom. The fourth-order valence-electron chi connectivity index (χ4n) is 2.24. The molecule has 0 unspecified atom stereocenters. The van der Waals surface area contributed by atoms with E-state index in [-0.39, 0.29) is 22.6 Å². The number of aryl methyl sites for hydroxylation is 1. The molecule has 1 heterocycles. The fraction of sp³-hybridized carbons (Fsp3) is 0.278. The van der Waals surface area contributed by atoms with Gasteiger partial charge >= 0.3 is 12.1 Å². The van der Waals surface area contributed by atoms with Crippen molar-refractivity contribution in [2.75, 3.05) is 16.8 Å². The van der Waals surface area contributed by atoms with Gasteiger partial charge in [-0.05, 0) is 24.6 Å². The average Bonchev–Trinajstić information content (AvgIpc) is 3.03. The number of thioether (sulfide) groups is 1. The topological polar surface area (TPSA) is 83.5 Å². The number of rotatable bonds is 8. The quantitative estimate of drug-likeness (QED) is 0.609. The van der Waals surface area contributed by atoms with Crippen molar-refractivity contribution in [2.24, 2.45) is 0 Å². The Bertz CT molecular complexity index is 876. The number of carbonyl (C=O) groups excluding carboxylic acids is 2. The summed E-state index contributed by atoms with van der Waals surface area (Å²) >= 11 is 2.12. The number of alkyl halides is 3. The van der Waals surface area contributed by atoms with E-state index >= 15 is 0 Å². The van der Waals surface area contributed by atoms with Crippen LogP contribution in [0, 0.1) is 0 Å². The maximum absolute atomic E-state index is 12.7. The van der Waals surface area contributed by atoms with E-state index in [0.717, 1.165) is 40.9 Å². The molecular weight excluding hydrogens is 415 g/mol. The fourth-order valence-corrected chi connectivity index (χ4v) is 3.78. The minimum atomic E-state index is -4.49. The summed E-state index contributed by atoms with van der Waals surface area (Å²) in [5, 5.41) is 11.5. The highest BCUT2D eigenvalue weighted by molar-refractivity contribution is 8.00. The summed E-state index contributed by atoms with van der Waals surface area (Å²) in [6.07, 6.45) is -3.88. The molecule has 28 heavy (non-hydrogen) atoms. The zero-order valence-corrected chi connectivity index (χ0v) is 16.3. The number of carbonyl (C=O) groups is 3. The number of carboxylic acid groups (broad SMARTS) is 1. The molecule has 1 aromatic heterocycles. The van der Waals surface area contributed by atoms with Gasteiger partial charge < -0.3 is 10.4 Å². The third-order valence-corrected chi connectivity index (χ3v) is 5.67. The smallest absolute Gasteiger partial charge is 0.416 e. The normalized spacial score (nSPS) is 11.3. The van der Waals surface area contributed by atoms with Gasteiger partial charge in [-0.3, -0.25) is 14.4 Å². The summed E-state index contributed by atoms with van der Waals surface area (Å²) < 4.78 is 38.0. The van der Waals surface area contributed by atoms with Crippen LogP contribution in [0.4, 0.5) is 18.2 Å². The van der Waals surface area contributed by atoms with Gasteiger partial charge in [0.15, 0.2) is 5.78 Å². The highest BCUT2D eigenvalue weighted by Gasteiger charge is 2.30. The molecule has 2 N–H and O–H groups in total. The molecule has 1 aromatic carbocycles. The first kappa shape index (κ1) is 22.0. The molecule has 0 aliphatic rings. The lowest BCUT2D eigenvalue weighted by Crippen LogP contribution is -2.16. The van der Waals surface area contributed by atoms with Gasteiger partial charge in [0.2, 0.25) is 5.91 Å². The Kier molecular flexibility index (Phi) is 7.25. The largest absolute Gasteiger partial charge is 0.481 e. The molecule has 0 saturated carbocycles. The van der Waals surface area contributed by atoms with Crippen LogP contribution in [0.2, 0.25) is 0 Å². The van der Waals surface area contributed by atoms with Gasteiger partial charge in [-0.15, -0.1) is 23.1 Å². The SMILES string of the molecule is CCc1cc(C(=O)c2ccc(C(F)(F)F)cc2)c(NC(=O)CSCC(=O)O)s1. The van der Waals surface area contributed by atoms with Crippen LogP contribution in [0.25, 0.3) is 0 Å². The molecule has 10 heteroatoms. The summed E-state index contributed by atoms with van der Waals surface area (Å²) in [5.41, 5.74) is -0.588. The second-order valence-electron chi connectivity index (χ2n) is 5.65. The lowest BCUT2D eigenvalue weighted by Gasteiger charge is -2.08. The molecule has 0 bridgehead atoms. The zero-order chi connectivity index (χ0) is 20.9.